The fourth-order valence-corrected chi connectivity index (χ4v) is 2.91. The van der Waals surface area contributed by atoms with Crippen LogP contribution < -0.4 is 5.32 Å². The zero-order valence-corrected chi connectivity index (χ0v) is 11.6. The minimum absolute atomic E-state index is 0.546. The molecule has 100 valence electrons. The van der Waals surface area contributed by atoms with Crippen molar-refractivity contribution in [3.05, 3.63) is 41.8 Å². The summed E-state index contributed by atoms with van der Waals surface area (Å²) in [5, 5.41) is 4.35. The van der Waals surface area contributed by atoms with Gasteiger partial charge in [0.05, 0.1) is 18.2 Å². The largest absolute Gasteiger partial charge is 0.329 e. The predicted molar refractivity (Wildman–Crippen MR) is 78.3 cm³/mol. The topological polar surface area (TPSA) is 29.9 Å². The van der Waals surface area contributed by atoms with Crippen LogP contribution in [-0.4, -0.2) is 22.1 Å². The number of hydrogen-bond donors (Lipinski definition) is 1. The number of piperidine rings is 1. The van der Waals surface area contributed by atoms with Crippen molar-refractivity contribution in [2.75, 3.05) is 6.54 Å². The van der Waals surface area contributed by atoms with Crippen LogP contribution in [0.5, 0.6) is 0 Å². The Morgan fingerprint density at radius 2 is 2.21 bits per heavy atom. The van der Waals surface area contributed by atoms with Crippen LogP contribution in [0.4, 0.5) is 0 Å². The predicted octanol–water partition coefficient (Wildman–Crippen LogP) is 3.35. The molecule has 19 heavy (non-hydrogen) atoms. The van der Waals surface area contributed by atoms with Gasteiger partial charge < -0.3 is 9.88 Å². The number of rotatable bonds is 3. The van der Waals surface area contributed by atoms with E-state index < -0.39 is 0 Å². The van der Waals surface area contributed by atoms with Crippen LogP contribution in [0.1, 0.15) is 19.3 Å². The molecule has 0 amide bonds. The van der Waals surface area contributed by atoms with Crippen LogP contribution in [0.15, 0.2) is 36.8 Å². The first-order valence-electron chi connectivity index (χ1n) is 6.83. The van der Waals surface area contributed by atoms with Gasteiger partial charge in [0.25, 0.3) is 0 Å². The smallest absolute Gasteiger partial charge is 0.0951 e. The molecule has 1 fully saturated rings. The van der Waals surface area contributed by atoms with Crippen molar-refractivity contribution in [2.24, 2.45) is 0 Å². The summed E-state index contributed by atoms with van der Waals surface area (Å²) >= 11 is 6.27. The van der Waals surface area contributed by atoms with E-state index in [2.05, 4.69) is 14.9 Å². The maximum Gasteiger partial charge on any atom is 0.0951 e. The standard InChI is InChI=1S/C15H18ClN3/c16-14-7-2-1-6-13(14)15-9-17-11-19(15)10-12-5-3-4-8-18-12/h1-2,6-7,9,11-12,18H,3-5,8,10H2. The third-order valence-electron chi connectivity index (χ3n) is 3.69. The molecular weight excluding hydrogens is 258 g/mol. The number of halogens is 1. The van der Waals surface area contributed by atoms with Gasteiger partial charge in [-0.15, -0.1) is 0 Å². The van der Waals surface area contributed by atoms with Crippen LogP contribution >= 0.6 is 11.6 Å². The van der Waals surface area contributed by atoms with Gasteiger partial charge in [0.15, 0.2) is 0 Å². The average Bonchev–Trinajstić information content (AvgIpc) is 2.88. The second-order valence-electron chi connectivity index (χ2n) is 5.06. The molecule has 0 radical (unpaired) electrons. The summed E-state index contributed by atoms with van der Waals surface area (Å²) in [6, 6.07) is 8.48. The average molecular weight is 276 g/mol. The summed E-state index contributed by atoms with van der Waals surface area (Å²) in [5.74, 6) is 0. The number of nitrogens with one attached hydrogen (secondary N) is 1. The van der Waals surface area contributed by atoms with Crippen molar-refractivity contribution in [3.8, 4) is 11.3 Å². The Hall–Kier alpha value is -1.32. The molecule has 0 spiro atoms. The highest BCUT2D eigenvalue weighted by Crippen LogP contribution is 2.27. The second-order valence-corrected chi connectivity index (χ2v) is 5.47. The third-order valence-corrected chi connectivity index (χ3v) is 4.02. The second kappa shape index (κ2) is 5.76. The molecular formula is C15H18ClN3. The van der Waals surface area contributed by atoms with Crippen LogP contribution in [0.3, 0.4) is 0 Å². The molecule has 1 unspecified atom stereocenters. The summed E-state index contributed by atoms with van der Waals surface area (Å²) in [5.41, 5.74) is 2.15. The Balaban J connectivity index is 1.84. The fourth-order valence-electron chi connectivity index (χ4n) is 2.68. The summed E-state index contributed by atoms with van der Waals surface area (Å²) in [7, 11) is 0. The van der Waals surface area contributed by atoms with Crippen molar-refractivity contribution >= 4 is 11.6 Å². The minimum Gasteiger partial charge on any atom is -0.329 e. The molecule has 2 heterocycles. The molecule has 0 bridgehead atoms. The molecule has 1 N–H and O–H groups in total. The lowest BCUT2D eigenvalue weighted by Gasteiger charge is -2.24. The Labute approximate surface area is 118 Å². The third kappa shape index (κ3) is 2.82. The quantitative estimate of drug-likeness (QED) is 0.931. The van der Waals surface area contributed by atoms with E-state index in [0.717, 1.165) is 29.4 Å². The number of hydrogen-bond acceptors (Lipinski definition) is 2. The summed E-state index contributed by atoms with van der Waals surface area (Å²) in [4.78, 5) is 4.28. The normalized spacial score (nSPS) is 19.5. The van der Waals surface area contributed by atoms with Gasteiger partial charge in [-0.3, -0.25) is 0 Å². The van der Waals surface area contributed by atoms with E-state index in [1.807, 2.05) is 36.8 Å². The SMILES string of the molecule is Clc1ccccc1-c1cncn1CC1CCCCN1. The highest BCUT2D eigenvalue weighted by atomic mass is 35.5. The van der Waals surface area contributed by atoms with E-state index >= 15 is 0 Å². The number of nitrogens with zero attached hydrogens (tertiary/aromatic N) is 2. The Bertz CT molecular complexity index is 544. The first-order valence-corrected chi connectivity index (χ1v) is 7.21. The number of aromatic nitrogens is 2. The maximum atomic E-state index is 6.27. The van der Waals surface area contributed by atoms with E-state index in [9.17, 15) is 0 Å². The zero-order chi connectivity index (χ0) is 13.1. The van der Waals surface area contributed by atoms with Gasteiger partial charge in [-0.25, -0.2) is 4.98 Å². The summed E-state index contributed by atoms with van der Waals surface area (Å²) in [6.45, 7) is 2.08. The van der Waals surface area contributed by atoms with E-state index in [4.69, 9.17) is 11.6 Å². The first-order chi connectivity index (χ1) is 9.34. The van der Waals surface area contributed by atoms with Gasteiger partial charge >= 0.3 is 0 Å². The number of benzene rings is 1. The fraction of sp³-hybridized carbons (Fsp3) is 0.400. The highest BCUT2D eigenvalue weighted by molar-refractivity contribution is 6.33. The molecule has 1 aromatic carbocycles. The molecule has 0 aliphatic carbocycles. The molecule has 3 nitrogen and oxygen atoms in total. The molecule has 1 aromatic heterocycles. The number of imidazole rings is 1. The van der Waals surface area contributed by atoms with E-state index in [0.29, 0.717) is 6.04 Å². The molecule has 1 saturated heterocycles. The minimum atomic E-state index is 0.546. The lowest BCUT2D eigenvalue weighted by molar-refractivity contribution is 0.364. The van der Waals surface area contributed by atoms with E-state index in [1.54, 1.807) is 0 Å². The monoisotopic (exact) mass is 275 g/mol. The molecule has 2 aromatic rings. The van der Waals surface area contributed by atoms with Crippen molar-refractivity contribution < 1.29 is 0 Å². The van der Waals surface area contributed by atoms with Gasteiger partial charge in [-0.05, 0) is 25.5 Å². The lowest BCUT2D eigenvalue weighted by atomic mass is 10.0. The van der Waals surface area contributed by atoms with Crippen molar-refractivity contribution in [3.63, 3.8) is 0 Å². The van der Waals surface area contributed by atoms with Crippen LogP contribution in [0.25, 0.3) is 11.3 Å². The molecule has 3 rings (SSSR count). The van der Waals surface area contributed by atoms with Gasteiger partial charge in [-0.2, -0.15) is 0 Å². The maximum absolute atomic E-state index is 6.27. The van der Waals surface area contributed by atoms with E-state index in [-0.39, 0.29) is 0 Å². The van der Waals surface area contributed by atoms with Crippen molar-refractivity contribution in [2.45, 2.75) is 31.8 Å². The Morgan fingerprint density at radius 3 is 3.00 bits per heavy atom. The van der Waals surface area contributed by atoms with Gasteiger partial charge in [-0.1, -0.05) is 36.2 Å². The Kier molecular flexibility index (Phi) is 3.85. The first kappa shape index (κ1) is 12.7. The molecule has 4 heteroatoms. The lowest BCUT2D eigenvalue weighted by Crippen LogP contribution is -2.37. The molecule has 1 aliphatic rings. The Morgan fingerprint density at radius 1 is 1.32 bits per heavy atom. The highest BCUT2D eigenvalue weighted by Gasteiger charge is 2.15. The van der Waals surface area contributed by atoms with Crippen LogP contribution in [0.2, 0.25) is 5.02 Å². The zero-order valence-electron chi connectivity index (χ0n) is 10.8. The molecule has 0 saturated carbocycles. The van der Waals surface area contributed by atoms with Gasteiger partial charge in [0.1, 0.15) is 0 Å². The summed E-state index contributed by atoms with van der Waals surface area (Å²) in [6.07, 6.45) is 7.63. The van der Waals surface area contributed by atoms with Gasteiger partial charge in [0, 0.05) is 23.2 Å². The van der Waals surface area contributed by atoms with Crippen molar-refractivity contribution in [1.82, 2.24) is 14.9 Å². The summed E-state index contributed by atoms with van der Waals surface area (Å²) < 4.78 is 2.20. The van der Waals surface area contributed by atoms with Crippen LogP contribution in [0, 0.1) is 0 Å². The van der Waals surface area contributed by atoms with E-state index in [1.165, 1.54) is 19.3 Å². The molecule has 1 aliphatic heterocycles. The molecule has 1 atom stereocenters. The van der Waals surface area contributed by atoms with Crippen molar-refractivity contribution in [1.29, 1.82) is 0 Å². The van der Waals surface area contributed by atoms with Crippen LogP contribution in [-0.2, 0) is 6.54 Å². The van der Waals surface area contributed by atoms with Gasteiger partial charge in [0.2, 0.25) is 0 Å².